The topological polar surface area (TPSA) is 9.72 Å². The molecule has 0 radical (unpaired) electrons. The molecule has 0 spiro atoms. The molecule has 3 nitrogen and oxygen atoms in total. The van der Waals surface area contributed by atoms with Crippen LogP contribution in [0.2, 0.25) is 0 Å². The highest BCUT2D eigenvalue weighted by Crippen LogP contribution is 2.64. The molecule has 3 heterocycles. The number of benzene rings is 8. The van der Waals surface area contributed by atoms with E-state index in [1.807, 2.05) is 0 Å². The Bertz CT molecular complexity index is 3400. The Morgan fingerprint density at radius 1 is 0.429 bits per heavy atom. The second-order valence-corrected chi connectivity index (χ2v) is 24.1. The Labute approximate surface area is 417 Å². The van der Waals surface area contributed by atoms with Gasteiger partial charge in [0.2, 0.25) is 0 Å². The lowest BCUT2D eigenvalue weighted by molar-refractivity contribution is 0.245. The minimum Gasteiger partial charge on any atom is -0.330 e. The van der Waals surface area contributed by atoms with Gasteiger partial charge >= 0.3 is 0 Å². The van der Waals surface area contributed by atoms with Crippen LogP contribution in [0.3, 0.4) is 0 Å². The van der Waals surface area contributed by atoms with E-state index in [2.05, 4.69) is 267 Å². The predicted molar refractivity (Wildman–Crippen MR) is 300 cm³/mol. The van der Waals surface area contributed by atoms with Gasteiger partial charge in [-0.15, -0.1) is 0 Å². The fourth-order valence-corrected chi connectivity index (χ4v) is 12.9. The largest absolute Gasteiger partial charge is 0.330 e. The van der Waals surface area contributed by atoms with E-state index in [4.69, 9.17) is 0 Å². The lowest BCUT2D eigenvalue weighted by atomic mass is 9.33. The molecule has 70 heavy (non-hydrogen) atoms. The highest BCUT2D eigenvalue weighted by Gasteiger charge is 2.60. The standard InChI is InChI=1S/C66H66BN3/c1-62(2,3)45-25-21-26-48(38-45)68-58-40-47(64(7,8)9)32-34-54(58)67-53-29-18-20-31-57(53)69(55-35-33-46(63(4,5)6)39-50(55)43-22-13-12-14-23-43)60-42-49(41-59(68)61(60)67)70-56-30-19-17-28-52(56)65(10)37-36-44-24-15-16-27-51(44)66(65,70)11/h12-35,38-42H,36-37H2,1-11H3. The molecule has 1 aliphatic carbocycles. The Kier molecular flexibility index (Phi) is 9.75. The van der Waals surface area contributed by atoms with E-state index in [9.17, 15) is 0 Å². The SMILES string of the molecule is CC(C)(C)c1cccc(N2c3cc(C(C)(C)C)ccc3B3c4ccccc4N(c4ccc(C(C)(C)C)cc4-c4ccccc4)c4cc(N5c6ccccc6C6(C)CCc7ccccc7C56C)cc2c43)c1. The van der Waals surface area contributed by atoms with E-state index in [0.717, 1.165) is 12.8 Å². The molecule has 4 heteroatoms. The number of hydrogen-bond donors (Lipinski definition) is 0. The molecule has 0 saturated heterocycles. The summed E-state index contributed by atoms with van der Waals surface area (Å²) >= 11 is 0. The van der Waals surface area contributed by atoms with Crippen LogP contribution in [-0.2, 0) is 33.6 Å². The van der Waals surface area contributed by atoms with Crippen LogP contribution in [0.5, 0.6) is 0 Å². The smallest absolute Gasteiger partial charge is 0.252 e. The first-order valence-electron chi connectivity index (χ1n) is 25.7. The maximum Gasteiger partial charge on any atom is 0.252 e. The lowest BCUT2D eigenvalue weighted by Gasteiger charge is -2.52. The molecule has 0 saturated carbocycles. The van der Waals surface area contributed by atoms with E-state index >= 15 is 0 Å². The van der Waals surface area contributed by atoms with Crippen LogP contribution in [-0.4, -0.2) is 6.71 Å². The number of aryl methyl sites for hydroxylation is 1. The fraction of sp³-hybridized carbons (Fsp3) is 0.273. The number of para-hydroxylation sites is 2. The van der Waals surface area contributed by atoms with Crippen molar-refractivity contribution in [1.82, 2.24) is 0 Å². The first-order valence-corrected chi connectivity index (χ1v) is 25.7. The summed E-state index contributed by atoms with van der Waals surface area (Å²) in [4.78, 5) is 8.04. The van der Waals surface area contributed by atoms with Crippen LogP contribution < -0.4 is 31.1 Å². The van der Waals surface area contributed by atoms with Gasteiger partial charge in [-0.05, 0) is 146 Å². The zero-order valence-electron chi connectivity index (χ0n) is 43.1. The third-order valence-corrected chi connectivity index (χ3v) is 16.9. The zero-order chi connectivity index (χ0) is 48.7. The lowest BCUT2D eigenvalue weighted by Crippen LogP contribution is -2.61. The molecule has 0 aromatic heterocycles. The molecular weight excluding hydrogens is 846 g/mol. The van der Waals surface area contributed by atoms with Gasteiger partial charge in [0.05, 0.1) is 11.2 Å². The van der Waals surface area contributed by atoms with E-state index in [-0.39, 0.29) is 33.9 Å². The van der Waals surface area contributed by atoms with Gasteiger partial charge in [0.15, 0.2) is 0 Å². The molecule has 0 N–H and O–H groups in total. The highest BCUT2D eigenvalue weighted by atomic mass is 15.3. The molecule has 2 unspecified atom stereocenters. The Morgan fingerprint density at radius 2 is 1.01 bits per heavy atom. The van der Waals surface area contributed by atoms with Gasteiger partial charge in [0.25, 0.3) is 6.71 Å². The Balaban J connectivity index is 1.24. The molecule has 4 aliphatic rings. The van der Waals surface area contributed by atoms with Crippen molar-refractivity contribution in [2.75, 3.05) is 14.7 Å². The van der Waals surface area contributed by atoms with Crippen LogP contribution in [0.25, 0.3) is 11.1 Å². The molecule has 12 rings (SSSR count). The number of hydrogen-bond acceptors (Lipinski definition) is 3. The van der Waals surface area contributed by atoms with Crippen LogP contribution in [0.1, 0.15) is 116 Å². The first kappa shape index (κ1) is 44.4. The van der Waals surface area contributed by atoms with Crippen molar-refractivity contribution in [2.24, 2.45) is 0 Å². The fourth-order valence-electron chi connectivity index (χ4n) is 12.9. The van der Waals surface area contributed by atoms with E-state index in [1.54, 1.807) is 0 Å². The van der Waals surface area contributed by atoms with Crippen molar-refractivity contribution >= 4 is 68.6 Å². The maximum absolute atomic E-state index is 2.76. The van der Waals surface area contributed by atoms with Crippen molar-refractivity contribution in [3.8, 4) is 11.1 Å². The molecule has 3 aliphatic heterocycles. The second-order valence-electron chi connectivity index (χ2n) is 24.1. The average Bonchev–Trinajstić information content (AvgIpc) is 3.56. The summed E-state index contributed by atoms with van der Waals surface area (Å²) in [5, 5.41) is 0. The molecule has 348 valence electrons. The minimum atomic E-state index is -0.379. The van der Waals surface area contributed by atoms with Crippen LogP contribution >= 0.6 is 0 Å². The summed E-state index contributed by atoms with van der Waals surface area (Å²) in [6.07, 6.45) is 2.13. The summed E-state index contributed by atoms with van der Waals surface area (Å²) in [7, 11) is 0. The Morgan fingerprint density at radius 3 is 1.74 bits per heavy atom. The van der Waals surface area contributed by atoms with Gasteiger partial charge in [-0.2, -0.15) is 0 Å². The van der Waals surface area contributed by atoms with Crippen molar-refractivity contribution in [3.63, 3.8) is 0 Å². The molecule has 0 bridgehead atoms. The van der Waals surface area contributed by atoms with Gasteiger partial charge < -0.3 is 14.7 Å². The van der Waals surface area contributed by atoms with Crippen LogP contribution in [0.4, 0.5) is 45.5 Å². The summed E-state index contributed by atoms with van der Waals surface area (Å²) in [5.74, 6) is 0. The van der Waals surface area contributed by atoms with Crippen molar-refractivity contribution in [1.29, 1.82) is 0 Å². The molecule has 8 aromatic carbocycles. The molecule has 8 aromatic rings. The van der Waals surface area contributed by atoms with Gasteiger partial charge in [-0.1, -0.05) is 191 Å². The predicted octanol–water partition coefficient (Wildman–Crippen LogP) is 15.6. The molecule has 2 atom stereocenters. The Hall–Kier alpha value is -6.78. The maximum atomic E-state index is 2.76. The zero-order valence-corrected chi connectivity index (χ0v) is 43.1. The van der Waals surface area contributed by atoms with E-state index in [1.165, 1.54) is 106 Å². The summed E-state index contributed by atoms with van der Waals surface area (Å²) in [5.41, 5.74) is 23.8. The monoisotopic (exact) mass is 912 g/mol. The van der Waals surface area contributed by atoms with Crippen LogP contribution in [0, 0.1) is 0 Å². The minimum absolute atomic E-state index is 0.00582. The van der Waals surface area contributed by atoms with Crippen molar-refractivity contribution in [3.05, 3.63) is 209 Å². The van der Waals surface area contributed by atoms with Crippen molar-refractivity contribution < 1.29 is 0 Å². The molecule has 0 amide bonds. The van der Waals surface area contributed by atoms with E-state index < -0.39 is 0 Å². The number of fused-ring (bicyclic) bond motifs is 9. The third kappa shape index (κ3) is 6.47. The first-order chi connectivity index (χ1) is 33.4. The summed E-state index contributed by atoms with van der Waals surface area (Å²) in [6.45, 7) is 26.1. The van der Waals surface area contributed by atoms with E-state index in [0.29, 0.717) is 0 Å². The molecule has 0 fully saturated rings. The summed E-state index contributed by atoms with van der Waals surface area (Å²) < 4.78 is 0. The molecular formula is C66H66BN3. The van der Waals surface area contributed by atoms with Gasteiger partial charge in [0.1, 0.15) is 0 Å². The van der Waals surface area contributed by atoms with Gasteiger partial charge in [0, 0.05) is 50.8 Å². The second kappa shape index (κ2) is 15.4. The normalized spacial score (nSPS) is 19.0. The number of nitrogens with zero attached hydrogens (tertiary/aromatic N) is 3. The highest BCUT2D eigenvalue weighted by molar-refractivity contribution is 7.00. The average molecular weight is 912 g/mol. The van der Waals surface area contributed by atoms with Crippen LogP contribution in [0.15, 0.2) is 176 Å². The number of anilines is 8. The third-order valence-electron chi connectivity index (χ3n) is 16.9. The number of rotatable bonds is 4. The van der Waals surface area contributed by atoms with Gasteiger partial charge in [-0.3, -0.25) is 0 Å². The van der Waals surface area contributed by atoms with Crippen molar-refractivity contribution in [2.45, 2.75) is 116 Å². The quantitative estimate of drug-likeness (QED) is 0.163. The summed E-state index contributed by atoms with van der Waals surface area (Å²) in [6, 6.07) is 68.1. The van der Waals surface area contributed by atoms with Gasteiger partial charge in [-0.25, -0.2) is 0 Å².